The summed E-state index contributed by atoms with van der Waals surface area (Å²) >= 11 is 0. The second-order valence-electron chi connectivity index (χ2n) is 3.62. The van der Waals surface area contributed by atoms with Gasteiger partial charge in [0.15, 0.2) is 0 Å². The highest BCUT2D eigenvalue weighted by Gasteiger charge is 2.05. The molecule has 0 aliphatic carbocycles. The maximum atomic E-state index is 10.1. The van der Waals surface area contributed by atoms with Crippen LogP contribution >= 0.6 is 0 Å². The zero-order valence-corrected chi connectivity index (χ0v) is 9.32. The van der Waals surface area contributed by atoms with Gasteiger partial charge in [-0.25, -0.2) is 0 Å². The fourth-order valence-corrected chi connectivity index (χ4v) is 1.41. The summed E-state index contributed by atoms with van der Waals surface area (Å²) in [6.45, 7) is 2.02. The van der Waals surface area contributed by atoms with E-state index in [1.165, 1.54) is 0 Å². The van der Waals surface area contributed by atoms with Crippen LogP contribution in [0.2, 0.25) is 0 Å². The van der Waals surface area contributed by atoms with Crippen LogP contribution in [-0.2, 0) is 0 Å². The van der Waals surface area contributed by atoms with E-state index in [4.69, 9.17) is 4.11 Å². The zero-order chi connectivity index (χ0) is 13.6. The van der Waals surface area contributed by atoms with Crippen molar-refractivity contribution in [2.24, 2.45) is 0 Å². The van der Waals surface area contributed by atoms with Gasteiger partial charge in [-0.15, -0.1) is 0 Å². The van der Waals surface area contributed by atoms with Gasteiger partial charge in [0.1, 0.15) is 0 Å². The van der Waals surface area contributed by atoms with Crippen LogP contribution in [0.4, 0.5) is 0 Å². The maximum absolute atomic E-state index is 10.1. The molecule has 0 bridgehead atoms. The lowest BCUT2D eigenvalue weighted by Crippen LogP contribution is -1.96. The largest absolute Gasteiger partial charge is 0.388 e. The molecular formula is C14H22O. The molecule has 15 heavy (non-hydrogen) atoms. The van der Waals surface area contributed by atoms with Gasteiger partial charge in [0.05, 0.1) is 7.45 Å². The average Bonchev–Trinajstić information content (AvgIpc) is 2.29. The lowest BCUT2D eigenvalue weighted by Gasteiger charge is -2.10. The molecule has 0 aliphatic rings. The van der Waals surface area contributed by atoms with E-state index in [1.54, 1.807) is 24.3 Å². The van der Waals surface area contributed by atoms with E-state index in [-0.39, 0.29) is 12.8 Å². The first-order valence-electron chi connectivity index (χ1n) is 7.23. The van der Waals surface area contributed by atoms with Crippen molar-refractivity contribution in [3.05, 3.63) is 35.9 Å². The highest BCUT2D eigenvalue weighted by Crippen LogP contribution is 2.19. The van der Waals surface area contributed by atoms with E-state index in [1.807, 2.05) is 13.0 Å². The molecule has 1 aromatic rings. The Balaban J connectivity index is 2.55. The summed E-state index contributed by atoms with van der Waals surface area (Å²) in [7, 11) is 0. The lowest BCUT2D eigenvalue weighted by molar-refractivity contribution is 0.163. The Labute approximate surface area is 97.4 Å². The van der Waals surface area contributed by atoms with Crippen molar-refractivity contribution >= 4 is 0 Å². The van der Waals surface area contributed by atoms with Gasteiger partial charge in [-0.1, -0.05) is 69.3 Å². The molecule has 1 N–H and O–H groups in total. The highest BCUT2D eigenvalue weighted by molar-refractivity contribution is 5.16. The summed E-state index contributed by atoms with van der Waals surface area (Å²) < 4.78 is 23.6. The number of benzene rings is 1. The van der Waals surface area contributed by atoms with Crippen molar-refractivity contribution in [3.63, 3.8) is 0 Å². The normalized spacial score (nSPS) is 21.9. The van der Waals surface area contributed by atoms with Crippen molar-refractivity contribution in [1.29, 1.82) is 0 Å². The third kappa shape index (κ3) is 4.98. The molecule has 0 heterocycles. The smallest absolute Gasteiger partial charge is 0.0790 e. The topological polar surface area (TPSA) is 20.2 Å². The van der Waals surface area contributed by atoms with Gasteiger partial charge in [-0.05, 0) is 12.0 Å². The molecule has 0 amide bonds. The van der Waals surface area contributed by atoms with Gasteiger partial charge in [0.2, 0.25) is 0 Å². The molecule has 1 nitrogen and oxygen atoms in total. The van der Waals surface area contributed by atoms with Crippen LogP contribution < -0.4 is 0 Å². The summed E-state index contributed by atoms with van der Waals surface area (Å²) in [5.41, 5.74) is 0.513. The van der Waals surface area contributed by atoms with Crippen molar-refractivity contribution in [1.82, 2.24) is 0 Å². The molecule has 1 aromatic carbocycles. The molecule has 0 radical (unpaired) electrons. The average molecular weight is 209 g/mol. The number of hydrogen-bond donors (Lipinski definition) is 1. The standard InChI is InChI=1S/C14H22O/c1-2-3-4-5-9-12-14(15)13-10-7-6-8-11-13/h6-8,10-11,14-15H,2-5,9,12H2,1H3/i4D,9D,14D. The van der Waals surface area contributed by atoms with E-state index in [2.05, 4.69) is 0 Å². The first kappa shape index (κ1) is 8.35. The van der Waals surface area contributed by atoms with Gasteiger partial charge < -0.3 is 5.11 Å². The molecule has 0 spiro atoms. The highest BCUT2D eigenvalue weighted by atomic mass is 16.3. The molecule has 1 rings (SSSR count). The fraction of sp³-hybridized carbons (Fsp3) is 0.571. The minimum absolute atomic E-state index is 0.0517. The Morgan fingerprint density at radius 3 is 2.67 bits per heavy atom. The van der Waals surface area contributed by atoms with Gasteiger partial charge in [-0.3, -0.25) is 0 Å². The van der Waals surface area contributed by atoms with Crippen LogP contribution in [0.3, 0.4) is 0 Å². The van der Waals surface area contributed by atoms with Gasteiger partial charge in [-0.2, -0.15) is 0 Å². The van der Waals surface area contributed by atoms with Crippen molar-refractivity contribution in [3.8, 4) is 0 Å². The predicted molar refractivity (Wildman–Crippen MR) is 64.8 cm³/mol. The third-order valence-electron chi connectivity index (χ3n) is 2.27. The molecule has 0 aromatic heterocycles. The quantitative estimate of drug-likeness (QED) is 0.717. The molecule has 0 aliphatic heterocycles. The van der Waals surface area contributed by atoms with Crippen LogP contribution in [0.5, 0.6) is 0 Å². The van der Waals surface area contributed by atoms with Gasteiger partial charge in [0.25, 0.3) is 0 Å². The van der Waals surface area contributed by atoms with Gasteiger partial charge >= 0.3 is 0 Å². The number of rotatable bonds is 7. The maximum Gasteiger partial charge on any atom is 0.0790 e. The molecule has 3 unspecified atom stereocenters. The Bertz CT molecular complexity index is 340. The number of aliphatic hydroxyl groups is 1. The Morgan fingerprint density at radius 2 is 2.00 bits per heavy atom. The van der Waals surface area contributed by atoms with E-state index in [0.717, 1.165) is 12.8 Å². The third-order valence-corrected chi connectivity index (χ3v) is 2.27. The Kier molecular flexibility index (Phi) is 4.16. The lowest BCUT2D eigenvalue weighted by atomic mass is 10.0. The van der Waals surface area contributed by atoms with E-state index in [9.17, 15) is 5.11 Å². The van der Waals surface area contributed by atoms with Gasteiger partial charge in [0, 0.05) is 2.74 Å². The second kappa shape index (κ2) is 7.47. The molecule has 3 atom stereocenters. The van der Waals surface area contributed by atoms with Crippen molar-refractivity contribution in [2.75, 3.05) is 0 Å². The Hall–Kier alpha value is -0.820. The minimum atomic E-state index is -1.72. The van der Waals surface area contributed by atoms with E-state index < -0.39 is 12.5 Å². The number of hydrogen-bond acceptors (Lipinski definition) is 1. The SMILES string of the molecule is [2H]C(CCC)CC([2H])CC([2H])(O)c1ccccc1. The zero-order valence-electron chi connectivity index (χ0n) is 12.3. The molecule has 0 saturated carbocycles. The molecule has 0 fully saturated rings. The first-order valence-corrected chi connectivity index (χ1v) is 5.58. The van der Waals surface area contributed by atoms with Crippen LogP contribution in [-0.4, -0.2) is 5.11 Å². The molecular weight excluding hydrogens is 184 g/mol. The minimum Gasteiger partial charge on any atom is -0.388 e. The van der Waals surface area contributed by atoms with Crippen LogP contribution in [0, 0.1) is 0 Å². The van der Waals surface area contributed by atoms with E-state index in [0.29, 0.717) is 12.0 Å². The summed E-state index contributed by atoms with van der Waals surface area (Å²) in [4.78, 5) is 0. The summed E-state index contributed by atoms with van der Waals surface area (Å²) in [5.74, 6) is 0. The molecule has 1 heteroatoms. The van der Waals surface area contributed by atoms with Crippen molar-refractivity contribution in [2.45, 2.75) is 51.5 Å². The Morgan fingerprint density at radius 1 is 1.27 bits per heavy atom. The van der Waals surface area contributed by atoms with Crippen LogP contribution in [0.25, 0.3) is 0 Å². The molecule has 0 saturated heterocycles. The van der Waals surface area contributed by atoms with Crippen molar-refractivity contribution < 1.29 is 9.22 Å². The predicted octanol–water partition coefficient (Wildman–Crippen LogP) is 4.08. The monoisotopic (exact) mass is 209 g/mol. The summed E-state index contributed by atoms with van der Waals surface area (Å²) in [6, 6.07) is 8.78. The van der Waals surface area contributed by atoms with Crippen LogP contribution in [0.15, 0.2) is 30.3 Å². The fourth-order valence-electron chi connectivity index (χ4n) is 1.41. The second-order valence-corrected chi connectivity index (χ2v) is 3.62. The van der Waals surface area contributed by atoms with Crippen LogP contribution in [0.1, 0.15) is 61.2 Å². The first-order chi connectivity index (χ1) is 8.45. The molecule has 84 valence electrons. The summed E-state index contributed by atoms with van der Waals surface area (Å²) in [5, 5.41) is 10.1. The van der Waals surface area contributed by atoms with E-state index >= 15 is 0 Å². The summed E-state index contributed by atoms with van der Waals surface area (Å²) in [6.07, 6.45) is -0.370.